The van der Waals surface area contributed by atoms with Gasteiger partial charge in [-0.3, -0.25) is 19.2 Å². The van der Waals surface area contributed by atoms with Gasteiger partial charge in [-0.25, -0.2) is 4.79 Å². The highest BCUT2D eigenvalue weighted by Crippen LogP contribution is 2.41. The number of nitrogens with one attached hydrogen (secondary N) is 3. The van der Waals surface area contributed by atoms with Crippen LogP contribution < -0.4 is 21.7 Å². The molecule has 3 rings (SSSR count). The lowest BCUT2D eigenvalue weighted by Gasteiger charge is -2.24. The standard InChI is InChI=1S/C27H36N4O6S/c1-4-15(3)25-26(35)29-12-24(34)30-20(27(36)37)13-38-22-10-16-9-14(2)5-6-17(16)18(22)11-19(28)21(32)7-8-23(33)31-25/h5-6,9,15,19-20,25H,4,7-8,10-13,28H2,1-3H3,(H,29,35)(H,30,34)(H,31,33)(H,36,37)/t15-,19-,20-,25-/m0/s1. The summed E-state index contributed by atoms with van der Waals surface area (Å²) in [6, 6.07) is 3.08. The quantitative estimate of drug-likeness (QED) is 0.379. The van der Waals surface area contributed by atoms with Crippen molar-refractivity contribution >= 4 is 46.8 Å². The fourth-order valence-corrected chi connectivity index (χ4v) is 5.76. The molecule has 206 valence electrons. The van der Waals surface area contributed by atoms with Crippen molar-refractivity contribution in [3.63, 3.8) is 0 Å². The fourth-order valence-electron chi connectivity index (χ4n) is 4.54. The van der Waals surface area contributed by atoms with Gasteiger partial charge in [0.2, 0.25) is 17.7 Å². The number of aliphatic carboxylic acids is 1. The summed E-state index contributed by atoms with van der Waals surface area (Å²) in [7, 11) is 0. The van der Waals surface area contributed by atoms with Crippen LogP contribution in [-0.2, 0) is 30.4 Å². The second-order valence-corrected chi connectivity index (χ2v) is 11.0. The van der Waals surface area contributed by atoms with Crippen LogP contribution in [0.3, 0.4) is 0 Å². The van der Waals surface area contributed by atoms with Crippen molar-refractivity contribution in [3.8, 4) is 0 Å². The molecule has 1 heterocycles. The number of fused-ring (bicyclic) bond motifs is 2. The lowest BCUT2D eigenvalue weighted by molar-refractivity contribution is -0.141. The van der Waals surface area contributed by atoms with Crippen molar-refractivity contribution < 1.29 is 29.1 Å². The summed E-state index contributed by atoms with van der Waals surface area (Å²) < 4.78 is 0. The molecular formula is C27H36N4O6S. The largest absolute Gasteiger partial charge is 0.480 e. The number of amides is 3. The zero-order valence-electron chi connectivity index (χ0n) is 22.0. The normalized spacial score (nSPS) is 24.8. The molecule has 1 aromatic carbocycles. The van der Waals surface area contributed by atoms with E-state index in [1.807, 2.05) is 26.0 Å². The summed E-state index contributed by atoms with van der Waals surface area (Å²) in [6.45, 7) is 5.22. The van der Waals surface area contributed by atoms with Gasteiger partial charge in [-0.15, -0.1) is 11.8 Å². The Morgan fingerprint density at radius 1 is 1.16 bits per heavy atom. The molecule has 11 heteroatoms. The molecule has 1 aromatic rings. The van der Waals surface area contributed by atoms with Gasteiger partial charge in [-0.05, 0) is 40.9 Å². The van der Waals surface area contributed by atoms with Crippen LogP contribution in [0.15, 0.2) is 23.1 Å². The number of benzene rings is 1. The number of hydrogen-bond donors (Lipinski definition) is 5. The van der Waals surface area contributed by atoms with Crippen LogP contribution in [0.1, 0.15) is 56.2 Å². The van der Waals surface area contributed by atoms with Crippen molar-refractivity contribution in [1.29, 1.82) is 0 Å². The number of hydrogen-bond acceptors (Lipinski definition) is 7. The Kier molecular flexibility index (Phi) is 10.1. The van der Waals surface area contributed by atoms with Gasteiger partial charge in [0.05, 0.1) is 12.6 Å². The van der Waals surface area contributed by atoms with Crippen molar-refractivity contribution in [3.05, 3.63) is 39.8 Å². The van der Waals surface area contributed by atoms with E-state index < -0.39 is 48.4 Å². The van der Waals surface area contributed by atoms with Crippen molar-refractivity contribution in [2.24, 2.45) is 11.7 Å². The molecule has 1 aliphatic heterocycles. The summed E-state index contributed by atoms with van der Waals surface area (Å²) in [5.74, 6) is -3.29. The number of carbonyl (C=O) groups is 5. The highest BCUT2D eigenvalue weighted by atomic mass is 32.2. The number of aryl methyl sites for hydroxylation is 1. The first kappa shape index (κ1) is 29.4. The van der Waals surface area contributed by atoms with Gasteiger partial charge < -0.3 is 26.8 Å². The second kappa shape index (κ2) is 13.1. The van der Waals surface area contributed by atoms with E-state index in [0.29, 0.717) is 12.8 Å². The van der Waals surface area contributed by atoms with Crippen LogP contribution >= 0.6 is 11.8 Å². The fraction of sp³-hybridized carbons (Fsp3) is 0.519. The average molecular weight is 545 g/mol. The maximum absolute atomic E-state index is 12.9. The minimum atomic E-state index is -1.20. The molecule has 0 spiro atoms. The van der Waals surface area contributed by atoms with Crippen molar-refractivity contribution in [1.82, 2.24) is 16.0 Å². The topological polar surface area (TPSA) is 168 Å². The Balaban J connectivity index is 1.89. The van der Waals surface area contributed by atoms with E-state index in [-0.39, 0.29) is 36.7 Å². The summed E-state index contributed by atoms with van der Waals surface area (Å²) in [6.07, 6.45) is 1.24. The second-order valence-electron chi connectivity index (χ2n) is 9.93. The molecule has 4 atom stereocenters. The lowest BCUT2D eigenvalue weighted by atomic mass is 9.95. The van der Waals surface area contributed by atoms with Gasteiger partial charge in [0.15, 0.2) is 0 Å². The first-order valence-electron chi connectivity index (χ1n) is 12.8. The number of ketones is 1. The monoisotopic (exact) mass is 544 g/mol. The molecule has 0 saturated heterocycles. The number of Topliss-reactive ketones (excluding diaryl/α,β-unsaturated/α-hetero) is 1. The number of rotatable bonds is 3. The van der Waals surface area contributed by atoms with Gasteiger partial charge in [-0.2, -0.15) is 0 Å². The Labute approximate surface area is 226 Å². The number of allylic oxidation sites excluding steroid dienone is 1. The van der Waals surface area contributed by atoms with Crippen LogP contribution in [0.2, 0.25) is 0 Å². The smallest absolute Gasteiger partial charge is 0.327 e. The Hall–Kier alpha value is -3.18. The van der Waals surface area contributed by atoms with Crippen LogP contribution in [0, 0.1) is 12.8 Å². The highest BCUT2D eigenvalue weighted by molar-refractivity contribution is 8.03. The highest BCUT2D eigenvalue weighted by Gasteiger charge is 2.30. The number of nitrogens with two attached hydrogens (primary N) is 1. The maximum atomic E-state index is 12.9. The molecule has 0 aromatic heterocycles. The number of carboxylic acids is 1. The molecule has 0 fully saturated rings. The molecule has 10 nitrogen and oxygen atoms in total. The molecule has 0 saturated carbocycles. The Bertz CT molecular complexity index is 1150. The first-order valence-corrected chi connectivity index (χ1v) is 13.8. The van der Waals surface area contributed by atoms with Crippen molar-refractivity contribution in [2.75, 3.05) is 12.3 Å². The van der Waals surface area contributed by atoms with Gasteiger partial charge >= 0.3 is 5.97 Å². The van der Waals surface area contributed by atoms with E-state index in [4.69, 9.17) is 5.73 Å². The zero-order valence-corrected chi connectivity index (χ0v) is 22.8. The molecule has 38 heavy (non-hydrogen) atoms. The lowest BCUT2D eigenvalue weighted by Crippen LogP contribution is -2.53. The minimum Gasteiger partial charge on any atom is -0.480 e. The third-order valence-electron chi connectivity index (χ3n) is 7.00. The first-order chi connectivity index (χ1) is 18.0. The molecule has 2 aliphatic rings. The van der Waals surface area contributed by atoms with Gasteiger partial charge in [-0.1, -0.05) is 44.0 Å². The van der Waals surface area contributed by atoms with Gasteiger partial charge in [0, 0.05) is 25.0 Å². The third kappa shape index (κ3) is 7.44. The van der Waals surface area contributed by atoms with Gasteiger partial charge in [0.1, 0.15) is 17.9 Å². The Morgan fingerprint density at radius 2 is 1.89 bits per heavy atom. The molecular weight excluding hydrogens is 508 g/mol. The van der Waals surface area contributed by atoms with Crippen molar-refractivity contribution in [2.45, 2.75) is 71.0 Å². The molecule has 0 unspecified atom stereocenters. The molecule has 3 amide bonds. The zero-order chi connectivity index (χ0) is 28.0. The summed E-state index contributed by atoms with van der Waals surface area (Å²) in [5.41, 5.74) is 10.3. The van der Waals surface area contributed by atoms with E-state index in [9.17, 15) is 29.1 Å². The van der Waals surface area contributed by atoms with Crippen LogP contribution in [0.4, 0.5) is 0 Å². The number of carbonyl (C=O) groups excluding carboxylic acids is 4. The number of carboxylic acid groups (broad SMARTS) is 1. The summed E-state index contributed by atoms with van der Waals surface area (Å²) in [5, 5.41) is 17.4. The van der Waals surface area contributed by atoms with E-state index in [0.717, 1.165) is 27.2 Å². The van der Waals surface area contributed by atoms with Crippen LogP contribution in [0.5, 0.6) is 0 Å². The summed E-state index contributed by atoms with van der Waals surface area (Å²) >= 11 is 1.31. The van der Waals surface area contributed by atoms with E-state index >= 15 is 0 Å². The predicted octanol–water partition coefficient (Wildman–Crippen LogP) is 1.29. The SMILES string of the molecule is CC[C@H](C)[C@@H]1NC(=O)CCC(=O)[C@@H](N)CC2=C(Cc3cc(C)ccc32)SC[C@@H](C(=O)O)NC(=O)CNC1=O. The Morgan fingerprint density at radius 3 is 2.58 bits per heavy atom. The maximum Gasteiger partial charge on any atom is 0.327 e. The average Bonchev–Trinajstić information content (AvgIpc) is 3.21. The molecule has 1 aliphatic carbocycles. The predicted molar refractivity (Wildman–Crippen MR) is 145 cm³/mol. The van der Waals surface area contributed by atoms with Gasteiger partial charge in [0.25, 0.3) is 0 Å². The molecule has 0 radical (unpaired) electrons. The van der Waals surface area contributed by atoms with Crippen LogP contribution in [-0.4, -0.2) is 65.0 Å². The molecule has 0 bridgehead atoms. The summed E-state index contributed by atoms with van der Waals surface area (Å²) in [4.78, 5) is 63.6. The third-order valence-corrected chi connectivity index (χ3v) is 8.24. The number of thioether (sulfide) groups is 1. The van der Waals surface area contributed by atoms with Crippen LogP contribution in [0.25, 0.3) is 5.57 Å². The molecule has 6 N–H and O–H groups in total. The minimum absolute atomic E-state index is 0.0650. The van der Waals surface area contributed by atoms with E-state index in [1.54, 1.807) is 6.92 Å². The van der Waals surface area contributed by atoms with E-state index in [1.165, 1.54) is 11.8 Å². The van der Waals surface area contributed by atoms with E-state index in [2.05, 4.69) is 22.0 Å².